The Morgan fingerprint density at radius 1 is 0.900 bits per heavy atom. The van der Waals surface area contributed by atoms with Gasteiger partial charge >= 0.3 is 5.97 Å². The van der Waals surface area contributed by atoms with Crippen LogP contribution in [0, 0.1) is 10.1 Å². The third-order valence-electron chi connectivity index (χ3n) is 3.97. The van der Waals surface area contributed by atoms with E-state index in [1.165, 1.54) is 31.4 Å². The number of hydrogen-bond donors (Lipinski definition) is 1. The van der Waals surface area contributed by atoms with E-state index in [1.807, 2.05) is 0 Å². The zero-order valence-electron chi connectivity index (χ0n) is 15.8. The van der Waals surface area contributed by atoms with Crippen molar-refractivity contribution in [2.75, 3.05) is 7.11 Å². The highest BCUT2D eigenvalue weighted by molar-refractivity contribution is 6.15. The van der Waals surface area contributed by atoms with Crippen LogP contribution in [-0.2, 0) is 9.53 Å². The van der Waals surface area contributed by atoms with Gasteiger partial charge < -0.3 is 19.3 Å². The first-order valence-electron chi connectivity index (χ1n) is 8.75. The minimum absolute atomic E-state index is 0.0450. The summed E-state index contributed by atoms with van der Waals surface area (Å²) in [6, 6.07) is 20.6. The number of aliphatic carboxylic acids is 1. The quantitative estimate of drug-likeness (QED) is 0.246. The summed E-state index contributed by atoms with van der Waals surface area (Å²) in [7, 11) is 1.32. The summed E-state index contributed by atoms with van der Waals surface area (Å²) in [5, 5.41) is 20.4. The van der Waals surface area contributed by atoms with Crippen LogP contribution in [-0.4, -0.2) is 23.1 Å². The first-order chi connectivity index (χ1) is 14.5. The largest absolute Gasteiger partial charge is 0.477 e. The normalized spacial score (nSPS) is 11.2. The Labute approximate surface area is 171 Å². The van der Waals surface area contributed by atoms with Gasteiger partial charge in [-0.05, 0) is 29.8 Å². The molecule has 152 valence electrons. The van der Waals surface area contributed by atoms with Crippen LogP contribution in [0.1, 0.15) is 5.56 Å². The van der Waals surface area contributed by atoms with Crippen LogP contribution in [0.25, 0.3) is 5.57 Å². The molecule has 0 spiro atoms. The van der Waals surface area contributed by atoms with Crippen molar-refractivity contribution < 1.29 is 29.0 Å². The summed E-state index contributed by atoms with van der Waals surface area (Å²) in [6.45, 7) is 0. The van der Waals surface area contributed by atoms with Crippen LogP contribution >= 0.6 is 0 Å². The average molecular weight is 407 g/mol. The standard InChI is InChI=1S/C22H17NO7/c1-28-22(20(21(24)25)15-6-3-2-4-7-15)30-19-9-5-8-18(14-19)29-17-12-10-16(11-13-17)23(26)27/h2-14H,1H3,(H,24,25). The van der Waals surface area contributed by atoms with Crippen LogP contribution in [0.2, 0.25) is 0 Å². The van der Waals surface area contributed by atoms with E-state index < -0.39 is 10.9 Å². The Morgan fingerprint density at radius 2 is 1.57 bits per heavy atom. The predicted molar refractivity (Wildman–Crippen MR) is 108 cm³/mol. The molecule has 0 fully saturated rings. The minimum atomic E-state index is -1.20. The van der Waals surface area contributed by atoms with Crippen LogP contribution in [0.5, 0.6) is 17.2 Å². The monoisotopic (exact) mass is 407 g/mol. The molecule has 1 N–H and O–H groups in total. The zero-order valence-corrected chi connectivity index (χ0v) is 15.8. The number of rotatable bonds is 8. The summed E-state index contributed by atoms with van der Waals surface area (Å²) in [5.41, 5.74) is 0.261. The van der Waals surface area contributed by atoms with Gasteiger partial charge in [-0.3, -0.25) is 10.1 Å². The third-order valence-corrected chi connectivity index (χ3v) is 3.97. The molecule has 0 amide bonds. The van der Waals surface area contributed by atoms with E-state index in [0.29, 0.717) is 22.8 Å². The summed E-state index contributed by atoms with van der Waals surface area (Å²) >= 11 is 0. The number of non-ortho nitro benzene ring substituents is 1. The molecule has 0 atom stereocenters. The van der Waals surface area contributed by atoms with Gasteiger partial charge in [0.25, 0.3) is 11.6 Å². The Morgan fingerprint density at radius 3 is 2.17 bits per heavy atom. The second-order valence-corrected chi connectivity index (χ2v) is 5.97. The van der Waals surface area contributed by atoms with Crippen molar-refractivity contribution in [3.8, 4) is 17.2 Å². The second kappa shape index (κ2) is 9.24. The lowest BCUT2D eigenvalue weighted by molar-refractivity contribution is -0.384. The van der Waals surface area contributed by atoms with E-state index >= 15 is 0 Å². The number of nitrogens with zero attached hydrogens (tertiary/aromatic N) is 1. The van der Waals surface area contributed by atoms with E-state index in [9.17, 15) is 20.0 Å². The fraction of sp³-hybridized carbons (Fsp3) is 0.0455. The van der Waals surface area contributed by atoms with E-state index in [4.69, 9.17) is 14.2 Å². The maximum Gasteiger partial charge on any atom is 0.343 e. The van der Waals surface area contributed by atoms with Gasteiger partial charge in [-0.25, -0.2) is 4.79 Å². The van der Waals surface area contributed by atoms with Gasteiger partial charge in [-0.2, -0.15) is 0 Å². The van der Waals surface area contributed by atoms with Crippen LogP contribution in [0.15, 0.2) is 84.8 Å². The van der Waals surface area contributed by atoms with Gasteiger partial charge in [0, 0.05) is 18.2 Å². The van der Waals surface area contributed by atoms with Crippen LogP contribution in [0.4, 0.5) is 5.69 Å². The molecule has 0 aliphatic heterocycles. The Hall–Kier alpha value is -4.33. The van der Waals surface area contributed by atoms with Crippen LogP contribution in [0.3, 0.4) is 0 Å². The number of nitro groups is 1. The summed E-state index contributed by atoms with van der Waals surface area (Å²) in [4.78, 5) is 22.0. The van der Waals surface area contributed by atoms with Crippen molar-refractivity contribution in [1.29, 1.82) is 0 Å². The lowest BCUT2D eigenvalue weighted by Gasteiger charge is -2.13. The number of methoxy groups -OCH3 is 1. The van der Waals surface area contributed by atoms with Gasteiger partial charge in [0.1, 0.15) is 22.8 Å². The number of nitro benzene ring substituents is 1. The van der Waals surface area contributed by atoms with E-state index in [-0.39, 0.29) is 17.2 Å². The summed E-state index contributed by atoms with van der Waals surface area (Å²) in [6.07, 6.45) is 0. The highest BCUT2D eigenvalue weighted by Crippen LogP contribution is 2.29. The van der Waals surface area contributed by atoms with Gasteiger partial charge in [-0.1, -0.05) is 36.4 Å². The third kappa shape index (κ3) is 4.93. The Kier molecular flexibility index (Phi) is 6.29. The molecule has 0 unspecified atom stereocenters. The molecular formula is C22H17NO7. The number of ether oxygens (including phenoxy) is 3. The SMILES string of the molecule is COC(Oc1cccc(Oc2ccc([N+](=O)[O-])cc2)c1)=C(C(=O)O)c1ccccc1. The molecule has 0 bridgehead atoms. The zero-order chi connectivity index (χ0) is 21.5. The molecule has 8 heteroatoms. The summed E-state index contributed by atoms with van der Waals surface area (Å²) in [5.74, 6) is -0.289. The number of benzene rings is 3. The number of carboxylic acid groups (broad SMARTS) is 1. The van der Waals surface area contributed by atoms with Crippen molar-refractivity contribution in [2.24, 2.45) is 0 Å². The molecule has 0 saturated heterocycles. The predicted octanol–water partition coefficient (Wildman–Crippen LogP) is 4.87. The number of hydrogen-bond acceptors (Lipinski definition) is 6. The highest BCUT2D eigenvalue weighted by atomic mass is 16.7. The van der Waals surface area contributed by atoms with Crippen molar-refractivity contribution in [3.63, 3.8) is 0 Å². The van der Waals surface area contributed by atoms with E-state index in [2.05, 4.69) is 0 Å². The van der Waals surface area contributed by atoms with Crippen molar-refractivity contribution >= 4 is 17.2 Å². The molecule has 8 nitrogen and oxygen atoms in total. The van der Waals surface area contributed by atoms with Crippen molar-refractivity contribution in [3.05, 3.63) is 100 Å². The molecule has 0 saturated carbocycles. The molecular weight excluding hydrogens is 390 g/mol. The second-order valence-electron chi connectivity index (χ2n) is 5.97. The summed E-state index contributed by atoms with van der Waals surface area (Å²) < 4.78 is 16.6. The smallest absolute Gasteiger partial charge is 0.343 e. The molecule has 30 heavy (non-hydrogen) atoms. The first kappa shape index (κ1) is 20.4. The Balaban J connectivity index is 1.85. The van der Waals surface area contributed by atoms with Crippen molar-refractivity contribution in [1.82, 2.24) is 0 Å². The fourth-order valence-corrected chi connectivity index (χ4v) is 2.61. The maximum absolute atomic E-state index is 11.8. The topological polar surface area (TPSA) is 108 Å². The lowest BCUT2D eigenvalue weighted by Crippen LogP contribution is -2.09. The van der Waals surface area contributed by atoms with E-state index in [1.54, 1.807) is 54.6 Å². The molecule has 3 aromatic rings. The first-order valence-corrected chi connectivity index (χ1v) is 8.75. The average Bonchev–Trinajstić information content (AvgIpc) is 2.74. The van der Waals surface area contributed by atoms with Gasteiger partial charge in [0.15, 0.2) is 0 Å². The maximum atomic E-state index is 11.8. The van der Waals surface area contributed by atoms with Gasteiger partial charge in [0.2, 0.25) is 0 Å². The lowest BCUT2D eigenvalue weighted by atomic mass is 10.1. The highest BCUT2D eigenvalue weighted by Gasteiger charge is 2.20. The molecule has 0 aromatic heterocycles. The molecule has 0 aliphatic carbocycles. The molecule has 0 aliphatic rings. The van der Waals surface area contributed by atoms with Crippen LogP contribution < -0.4 is 9.47 Å². The van der Waals surface area contributed by atoms with E-state index in [0.717, 1.165) is 0 Å². The Bertz CT molecular complexity index is 1080. The van der Waals surface area contributed by atoms with Crippen molar-refractivity contribution in [2.45, 2.75) is 0 Å². The number of carboxylic acids is 1. The number of carbonyl (C=O) groups is 1. The van der Waals surface area contributed by atoms with Gasteiger partial charge in [0.05, 0.1) is 12.0 Å². The van der Waals surface area contributed by atoms with Gasteiger partial charge in [-0.15, -0.1) is 0 Å². The molecule has 0 radical (unpaired) electrons. The molecule has 3 aromatic carbocycles. The minimum Gasteiger partial charge on any atom is -0.477 e. The molecule has 3 rings (SSSR count). The molecule has 0 heterocycles. The fourth-order valence-electron chi connectivity index (χ4n) is 2.61.